The van der Waals surface area contributed by atoms with Crippen molar-refractivity contribution in [1.29, 1.82) is 0 Å². The van der Waals surface area contributed by atoms with Crippen LogP contribution in [0.25, 0.3) is 0 Å². The van der Waals surface area contributed by atoms with E-state index in [4.69, 9.17) is 10.9 Å². The largest absolute Gasteiger partial charge is 0.398 e. The number of nitrogens with two attached hydrogens (primary N) is 2. The standard InChI is InChI=1S/C12H21N3O3S/c1-3-12(4-2,8-16)15-9-5-6-11(10(13)7-9)19(14,17)18/h5-7,15-16H,3-4,8,13H2,1-2H3,(H2,14,17,18). The summed E-state index contributed by atoms with van der Waals surface area (Å²) in [5.41, 5.74) is 6.00. The van der Waals surface area contributed by atoms with Crippen LogP contribution in [-0.2, 0) is 10.0 Å². The molecule has 0 bridgehead atoms. The minimum atomic E-state index is -3.81. The molecule has 0 aliphatic rings. The lowest BCUT2D eigenvalue weighted by atomic mass is 9.93. The molecule has 0 amide bonds. The number of sulfonamides is 1. The van der Waals surface area contributed by atoms with Gasteiger partial charge in [-0.25, -0.2) is 13.6 Å². The van der Waals surface area contributed by atoms with Crippen LogP contribution in [0.2, 0.25) is 0 Å². The lowest BCUT2D eigenvalue weighted by molar-refractivity contribution is 0.202. The van der Waals surface area contributed by atoms with E-state index >= 15 is 0 Å². The molecule has 0 saturated heterocycles. The normalized spacial score (nSPS) is 12.4. The summed E-state index contributed by atoms with van der Waals surface area (Å²) in [7, 11) is -3.81. The van der Waals surface area contributed by atoms with Gasteiger partial charge in [-0.1, -0.05) is 13.8 Å². The van der Waals surface area contributed by atoms with E-state index in [0.717, 1.165) is 12.8 Å². The number of hydrogen-bond donors (Lipinski definition) is 4. The topological polar surface area (TPSA) is 118 Å². The molecule has 0 aliphatic heterocycles. The van der Waals surface area contributed by atoms with Crippen LogP contribution in [0, 0.1) is 0 Å². The zero-order valence-corrected chi connectivity index (χ0v) is 12.0. The Morgan fingerprint density at radius 1 is 1.32 bits per heavy atom. The maximum Gasteiger partial charge on any atom is 0.240 e. The number of aliphatic hydroxyl groups excluding tert-OH is 1. The molecule has 0 radical (unpaired) electrons. The van der Waals surface area contributed by atoms with Gasteiger partial charge in [-0.2, -0.15) is 0 Å². The van der Waals surface area contributed by atoms with E-state index in [1.807, 2.05) is 13.8 Å². The number of benzene rings is 1. The van der Waals surface area contributed by atoms with Gasteiger partial charge in [0, 0.05) is 5.69 Å². The van der Waals surface area contributed by atoms with Gasteiger partial charge in [0.05, 0.1) is 17.8 Å². The predicted octanol–water partition coefficient (Wildman–Crippen LogP) is 0.879. The number of nitrogens with one attached hydrogen (secondary N) is 1. The van der Waals surface area contributed by atoms with E-state index in [1.165, 1.54) is 12.1 Å². The minimum absolute atomic E-state index is 0.0170. The van der Waals surface area contributed by atoms with Crippen molar-refractivity contribution >= 4 is 21.4 Å². The van der Waals surface area contributed by atoms with Gasteiger partial charge in [-0.15, -0.1) is 0 Å². The van der Waals surface area contributed by atoms with E-state index in [2.05, 4.69) is 5.32 Å². The predicted molar refractivity (Wildman–Crippen MR) is 76.2 cm³/mol. The number of nitrogen functional groups attached to an aromatic ring is 1. The average Bonchev–Trinajstić information content (AvgIpc) is 2.34. The highest BCUT2D eigenvalue weighted by molar-refractivity contribution is 7.89. The van der Waals surface area contributed by atoms with Gasteiger partial charge in [-0.3, -0.25) is 0 Å². The Bertz CT molecular complexity index is 531. The Labute approximate surface area is 113 Å². The van der Waals surface area contributed by atoms with E-state index in [9.17, 15) is 13.5 Å². The van der Waals surface area contributed by atoms with E-state index in [0.29, 0.717) is 5.69 Å². The summed E-state index contributed by atoms with van der Waals surface area (Å²) in [5, 5.41) is 17.7. The fraction of sp³-hybridized carbons (Fsp3) is 0.500. The molecule has 0 fully saturated rings. The smallest absolute Gasteiger partial charge is 0.240 e. The minimum Gasteiger partial charge on any atom is -0.398 e. The first-order chi connectivity index (χ1) is 8.78. The number of primary sulfonamides is 1. The van der Waals surface area contributed by atoms with Crippen molar-refractivity contribution in [2.75, 3.05) is 17.7 Å². The Morgan fingerprint density at radius 2 is 1.89 bits per heavy atom. The average molecular weight is 287 g/mol. The molecule has 0 aliphatic carbocycles. The van der Waals surface area contributed by atoms with Crippen LogP contribution in [-0.4, -0.2) is 25.7 Å². The molecule has 1 rings (SSSR count). The lowest BCUT2D eigenvalue weighted by Gasteiger charge is -2.32. The van der Waals surface area contributed by atoms with Crippen molar-refractivity contribution < 1.29 is 13.5 Å². The van der Waals surface area contributed by atoms with E-state index in [1.54, 1.807) is 6.07 Å². The monoisotopic (exact) mass is 287 g/mol. The van der Waals surface area contributed by atoms with Crippen LogP contribution in [0.15, 0.2) is 23.1 Å². The second-order valence-electron chi connectivity index (χ2n) is 4.57. The highest BCUT2D eigenvalue weighted by atomic mass is 32.2. The van der Waals surface area contributed by atoms with Gasteiger partial charge in [0.15, 0.2) is 0 Å². The van der Waals surface area contributed by atoms with Crippen molar-refractivity contribution in [1.82, 2.24) is 0 Å². The van der Waals surface area contributed by atoms with Crippen molar-refractivity contribution in [2.24, 2.45) is 5.14 Å². The summed E-state index contributed by atoms with van der Waals surface area (Å²) in [6.45, 7) is 3.92. The Morgan fingerprint density at radius 3 is 2.26 bits per heavy atom. The maximum absolute atomic E-state index is 11.3. The molecule has 0 spiro atoms. The SMILES string of the molecule is CCC(CC)(CO)Nc1ccc(S(N)(=O)=O)c(N)c1. The maximum atomic E-state index is 11.3. The molecule has 7 heteroatoms. The molecule has 1 aromatic rings. The Kier molecular flexibility index (Phi) is 4.78. The fourth-order valence-corrected chi connectivity index (χ4v) is 2.53. The zero-order valence-electron chi connectivity index (χ0n) is 11.2. The van der Waals surface area contributed by atoms with Crippen LogP contribution in [0.1, 0.15) is 26.7 Å². The summed E-state index contributed by atoms with van der Waals surface area (Å²) in [6.07, 6.45) is 1.47. The lowest BCUT2D eigenvalue weighted by Crippen LogP contribution is -2.40. The van der Waals surface area contributed by atoms with Crippen molar-refractivity contribution in [3.05, 3.63) is 18.2 Å². The first-order valence-electron chi connectivity index (χ1n) is 6.09. The van der Waals surface area contributed by atoms with Crippen LogP contribution < -0.4 is 16.2 Å². The molecule has 0 heterocycles. The highest BCUT2D eigenvalue weighted by Gasteiger charge is 2.25. The molecule has 1 aromatic carbocycles. The quantitative estimate of drug-likeness (QED) is 0.579. The molecular formula is C12H21N3O3S. The van der Waals surface area contributed by atoms with E-state index in [-0.39, 0.29) is 17.2 Å². The van der Waals surface area contributed by atoms with Crippen LogP contribution in [0.3, 0.4) is 0 Å². The summed E-state index contributed by atoms with van der Waals surface area (Å²) in [4.78, 5) is -0.0966. The highest BCUT2D eigenvalue weighted by Crippen LogP contribution is 2.26. The van der Waals surface area contributed by atoms with Gasteiger partial charge in [0.1, 0.15) is 4.90 Å². The van der Waals surface area contributed by atoms with Crippen LogP contribution in [0.4, 0.5) is 11.4 Å². The molecule has 0 saturated carbocycles. The molecule has 6 N–H and O–H groups in total. The second-order valence-corrected chi connectivity index (χ2v) is 6.10. The molecule has 6 nitrogen and oxygen atoms in total. The van der Waals surface area contributed by atoms with Crippen molar-refractivity contribution in [3.63, 3.8) is 0 Å². The molecular weight excluding hydrogens is 266 g/mol. The second kappa shape index (κ2) is 5.77. The van der Waals surface area contributed by atoms with E-state index < -0.39 is 15.6 Å². The molecule has 0 unspecified atom stereocenters. The van der Waals surface area contributed by atoms with Gasteiger partial charge in [0.2, 0.25) is 10.0 Å². The molecule has 0 atom stereocenters. The third-order valence-electron chi connectivity index (χ3n) is 3.38. The van der Waals surface area contributed by atoms with Crippen LogP contribution in [0.5, 0.6) is 0 Å². The number of hydrogen-bond acceptors (Lipinski definition) is 5. The number of anilines is 2. The van der Waals surface area contributed by atoms with Crippen LogP contribution >= 0.6 is 0 Å². The zero-order chi connectivity index (χ0) is 14.7. The Hall–Kier alpha value is -1.31. The third-order valence-corrected chi connectivity index (χ3v) is 4.37. The molecule has 0 aromatic heterocycles. The molecule has 108 valence electrons. The summed E-state index contributed by atoms with van der Waals surface area (Å²) >= 11 is 0. The van der Waals surface area contributed by atoms with Gasteiger partial charge in [-0.05, 0) is 31.0 Å². The number of aliphatic hydroxyl groups is 1. The first-order valence-corrected chi connectivity index (χ1v) is 7.64. The Balaban J connectivity index is 3.09. The van der Waals surface area contributed by atoms with Crippen molar-refractivity contribution in [3.8, 4) is 0 Å². The summed E-state index contributed by atoms with van der Waals surface area (Å²) in [6, 6.07) is 4.46. The molecule has 19 heavy (non-hydrogen) atoms. The van der Waals surface area contributed by atoms with Gasteiger partial charge >= 0.3 is 0 Å². The fourth-order valence-electron chi connectivity index (χ4n) is 1.88. The third kappa shape index (κ3) is 3.59. The van der Waals surface area contributed by atoms with Gasteiger partial charge in [0.25, 0.3) is 0 Å². The number of rotatable bonds is 6. The van der Waals surface area contributed by atoms with Crippen molar-refractivity contribution in [2.45, 2.75) is 37.1 Å². The summed E-state index contributed by atoms with van der Waals surface area (Å²) < 4.78 is 22.5. The van der Waals surface area contributed by atoms with Gasteiger partial charge < -0.3 is 16.2 Å². The first kappa shape index (κ1) is 15.7. The summed E-state index contributed by atoms with van der Waals surface area (Å²) in [5.74, 6) is 0.